The summed E-state index contributed by atoms with van der Waals surface area (Å²) in [4.78, 5) is 21.6. The number of carbonyl (C=O) groups excluding carboxylic acids is 1. The molecule has 27 heavy (non-hydrogen) atoms. The highest BCUT2D eigenvalue weighted by atomic mass is 35.5. The van der Waals surface area contributed by atoms with Crippen LogP contribution in [0, 0.1) is 6.92 Å². The largest absolute Gasteiger partial charge is 0.300 e. The third-order valence-corrected chi connectivity index (χ3v) is 5.46. The van der Waals surface area contributed by atoms with Gasteiger partial charge in [-0.15, -0.1) is 0 Å². The van der Waals surface area contributed by atoms with Gasteiger partial charge in [0.25, 0.3) is 5.91 Å². The molecule has 4 rings (SSSR count). The number of aliphatic imine (C=N–C) groups is 1. The van der Waals surface area contributed by atoms with Crippen molar-refractivity contribution < 1.29 is 4.79 Å². The molecule has 1 saturated heterocycles. The predicted octanol–water partition coefficient (Wildman–Crippen LogP) is 5.74. The Kier molecular flexibility index (Phi) is 4.91. The van der Waals surface area contributed by atoms with Crippen LogP contribution >= 0.6 is 35.0 Å². The number of hydrogen-bond acceptors (Lipinski definition) is 4. The zero-order chi connectivity index (χ0) is 19.0. The molecule has 1 aliphatic rings. The van der Waals surface area contributed by atoms with Gasteiger partial charge in [-0.3, -0.25) is 9.78 Å². The van der Waals surface area contributed by atoms with E-state index in [4.69, 9.17) is 23.2 Å². The molecule has 134 valence electrons. The second-order valence-corrected chi connectivity index (χ2v) is 7.86. The number of halogens is 2. The van der Waals surface area contributed by atoms with Gasteiger partial charge in [0.15, 0.2) is 5.17 Å². The Bertz CT molecular complexity index is 1120. The van der Waals surface area contributed by atoms with Crippen LogP contribution in [0.3, 0.4) is 0 Å². The summed E-state index contributed by atoms with van der Waals surface area (Å²) in [6, 6.07) is 13.1. The number of para-hydroxylation sites is 1. The van der Waals surface area contributed by atoms with Crippen molar-refractivity contribution in [2.75, 3.05) is 0 Å². The number of rotatable bonds is 2. The van der Waals surface area contributed by atoms with Gasteiger partial charge in [-0.2, -0.15) is 0 Å². The van der Waals surface area contributed by atoms with Crippen molar-refractivity contribution in [3.05, 3.63) is 74.7 Å². The zero-order valence-electron chi connectivity index (χ0n) is 14.2. The number of amides is 1. The highest BCUT2D eigenvalue weighted by molar-refractivity contribution is 8.18. The van der Waals surface area contributed by atoms with Gasteiger partial charge in [0.05, 0.1) is 20.5 Å². The molecule has 2 aromatic carbocycles. The lowest BCUT2D eigenvalue weighted by molar-refractivity contribution is -0.115. The second kappa shape index (κ2) is 7.35. The Hall–Kier alpha value is -2.34. The minimum absolute atomic E-state index is 0.204. The van der Waals surface area contributed by atoms with E-state index >= 15 is 0 Å². The number of thioether (sulfide) groups is 1. The van der Waals surface area contributed by atoms with Gasteiger partial charge in [0.2, 0.25) is 0 Å². The molecule has 0 spiro atoms. The highest BCUT2D eigenvalue weighted by Gasteiger charge is 2.24. The molecular weight excluding hydrogens is 401 g/mol. The van der Waals surface area contributed by atoms with Crippen molar-refractivity contribution in [2.45, 2.75) is 6.92 Å². The van der Waals surface area contributed by atoms with E-state index < -0.39 is 0 Å². The average Bonchev–Trinajstić information content (AvgIpc) is 2.97. The normalized spacial score (nSPS) is 17.1. The summed E-state index contributed by atoms with van der Waals surface area (Å²) in [5, 5.41) is 5.09. The number of aryl methyl sites for hydroxylation is 1. The van der Waals surface area contributed by atoms with E-state index in [0.29, 0.717) is 25.8 Å². The highest BCUT2D eigenvalue weighted by Crippen LogP contribution is 2.35. The van der Waals surface area contributed by atoms with Gasteiger partial charge >= 0.3 is 0 Å². The fraction of sp³-hybridized carbons (Fsp3) is 0.0500. The Balaban J connectivity index is 1.65. The summed E-state index contributed by atoms with van der Waals surface area (Å²) in [5.74, 6) is -0.204. The standard InChI is InChI=1S/C20H13Cl2N3OS/c1-11-7-13-8-12(5-6-16(13)23-10-11)9-17-19(26)25-20(27-17)24-18-14(21)3-2-4-15(18)22/h2-10H,1H3,(H,24,25,26)/b17-9-. The molecule has 7 heteroatoms. The fourth-order valence-electron chi connectivity index (χ4n) is 2.68. The summed E-state index contributed by atoms with van der Waals surface area (Å²) in [6.07, 6.45) is 3.67. The first-order chi connectivity index (χ1) is 13.0. The third-order valence-electron chi connectivity index (χ3n) is 3.94. The van der Waals surface area contributed by atoms with Gasteiger partial charge in [0.1, 0.15) is 5.69 Å². The molecule has 4 nitrogen and oxygen atoms in total. The summed E-state index contributed by atoms with van der Waals surface area (Å²) in [5.41, 5.74) is 3.37. The quantitative estimate of drug-likeness (QED) is 0.544. The lowest BCUT2D eigenvalue weighted by atomic mass is 10.1. The Labute approximate surface area is 170 Å². The van der Waals surface area contributed by atoms with Gasteiger partial charge in [-0.25, -0.2) is 4.99 Å². The van der Waals surface area contributed by atoms with Gasteiger partial charge in [0, 0.05) is 11.6 Å². The van der Waals surface area contributed by atoms with E-state index in [2.05, 4.69) is 21.4 Å². The summed E-state index contributed by atoms with van der Waals surface area (Å²) < 4.78 is 0. The SMILES string of the molecule is Cc1cnc2ccc(/C=C3\SC(=Nc4c(Cl)cccc4Cl)NC3=O)cc2c1. The van der Waals surface area contributed by atoms with Crippen LogP contribution in [0.25, 0.3) is 17.0 Å². The number of fused-ring (bicyclic) bond motifs is 1. The first-order valence-corrected chi connectivity index (χ1v) is 9.67. The van der Waals surface area contributed by atoms with Crippen LogP contribution in [0.4, 0.5) is 5.69 Å². The minimum Gasteiger partial charge on any atom is -0.300 e. The number of nitrogens with zero attached hydrogens (tertiary/aromatic N) is 2. The van der Waals surface area contributed by atoms with Crippen LogP contribution in [-0.4, -0.2) is 16.1 Å². The Morgan fingerprint density at radius 2 is 1.93 bits per heavy atom. The first-order valence-electron chi connectivity index (χ1n) is 8.09. The van der Waals surface area contributed by atoms with Crippen molar-refractivity contribution in [1.82, 2.24) is 10.3 Å². The molecular formula is C20H13Cl2N3OS. The third kappa shape index (κ3) is 3.86. The monoisotopic (exact) mass is 413 g/mol. The van der Waals surface area contributed by atoms with Crippen LogP contribution in [0.1, 0.15) is 11.1 Å². The van der Waals surface area contributed by atoms with Crippen molar-refractivity contribution >= 4 is 68.7 Å². The molecule has 1 fully saturated rings. The molecule has 0 unspecified atom stereocenters. The molecule has 0 atom stereocenters. The van der Waals surface area contributed by atoms with Crippen LogP contribution in [0.5, 0.6) is 0 Å². The Morgan fingerprint density at radius 3 is 2.70 bits per heavy atom. The van der Waals surface area contributed by atoms with E-state index in [9.17, 15) is 4.79 Å². The number of aromatic nitrogens is 1. The maximum atomic E-state index is 12.3. The van der Waals surface area contributed by atoms with Gasteiger partial charge in [-0.05, 0) is 66.2 Å². The van der Waals surface area contributed by atoms with Crippen LogP contribution in [0.2, 0.25) is 10.0 Å². The maximum absolute atomic E-state index is 12.3. The lowest BCUT2D eigenvalue weighted by Crippen LogP contribution is -2.19. The van der Waals surface area contributed by atoms with Crippen LogP contribution < -0.4 is 5.32 Å². The molecule has 0 bridgehead atoms. The minimum atomic E-state index is -0.204. The van der Waals surface area contributed by atoms with E-state index in [1.807, 2.05) is 37.4 Å². The summed E-state index contributed by atoms with van der Waals surface area (Å²) in [6.45, 7) is 2.00. The first kappa shape index (κ1) is 18.0. The maximum Gasteiger partial charge on any atom is 0.264 e. The molecule has 0 saturated carbocycles. The fourth-order valence-corrected chi connectivity index (χ4v) is 3.99. The second-order valence-electron chi connectivity index (χ2n) is 6.02. The van der Waals surface area contributed by atoms with E-state index in [-0.39, 0.29) is 5.91 Å². The molecule has 1 N–H and O–H groups in total. The number of nitrogens with one attached hydrogen (secondary N) is 1. The van der Waals surface area contributed by atoms with E-state index in [0.717, 1.165) is 22.0 Å². The van der Waals surface area contributed by atoms with Crippen LogP contribution in [0.15, 0.2) is 58.6 Å². The van der Waals surface area contributed by atoms with Gasteiger partial charge < -0.3 is 5.32 Å². The van der Waals surface area contributed by atoms with Gasteiger partial charge in [-0.1, -0.05) is 35.3 Å². The predicted molar refractivity (Wildman–Crippen MR) is 114 cm³/mol. The number of pyridine rings is 1. The molecule has 1 amide bonds. The number of carbonyl (C=O) groups is 1. The molecule has 1 aliphatic heterocycles. The van der Waals surface area contributed by atoms with Crippen molar-refractivity contribution in [3.8, 4) is 0 Å². The van der Waals surface area contributed by atoms with Crippen molar-refractivity contribution in [1.29, 1.82) is 0 Å². The lowest BCUT2D eigenvalue weighted by Gasteiger charge is -2.02. The van der Waals surface area contributed by atoms with Crippen molar-refractivity contribution in [3.63, 3.8) is 0 Å². The number of amidine groups is 1. The molecule has 1 aromatic heterocycles. The summed E-state index contributed by atoms with van der Waals surface area (Å²) >= 11 is 13.5. The summed E-state index contributed by atoms with van der Waals surface area (Å²) in [7, 11) is 0. The molecule has 3 aromatic rings. The van der Waals surface area contributed by atoms with Crippen molar-refractivity contribution in [2.24, 2.45) is 4.99 Å². The topological polar surface area (TPSA) is 54.4 Å². The smallest absolute Gasteiger partial charge is 0.264 e. The molecule has 0 aliphatic carbocycles. The van der Waals surface area contributed by atoms with E-state index in [1.54, 1.807) is 18.2 Å². The van der Waals surface area contributed by atoms with Crippen LogP contribution in [-0.2, 0) is 4.79 Å². The Morgan fingerprint density at radius 1 is 1.15 bits per heavy atom. The zero-order valence-corrected chi connectivity index (χ0v) is 16.5. The number of hydrogen-bond donors (Lipinski definition) is 1. The molecule has 0 radical (unpaired) electrons. The number of benzene rings is 2. The molecule has 2 heterocycles. The van der Waals surface area contributed by atoms with E-state index in [1.165, 1.54) is 11.8 Å². The average molecular weight is 414 g/mol.